The number of pyridine rings is 2. The molecule has 1 amide bonds. The highest BCUT2D eigenvalue weighted by Crippen LogP contribution is 2.42. The zero-order chi connectivity index (χ0) is 38.5. The number of aromatic nitrogens is 8. The van der Waals surface area contributed by atoms with E-state index in [0.717, 1.165) is 10.5 Å². The molecule has 0 unspecified atom stereocenters. The van der Waals surface area contributed by atoms with Gasteiger partial charge in [0.1, 0.15) is 29.6 Å². The number of nitrogens with one attached hydrogen (secondary N) is 2. The molecule has 2 aromatic carbocycles. The summed E-state index contributed by atoms with van der Waals surface area (Å²) in [4.78, 5) is 30.7. The van der Waals surface area contributed by atoms with Crippen molar-refractivity contribution in [2.75, 3.05) is 29.9 Å². The van der Waals surface area contributed by atoms with Gasteiger partial charge in [-0.25, -0.2) is 23.2 Å². The summed E-state index contributed by atoms with van der Waals surface area (Å²) in [6, 6.07) is 19.0. The first-order valence-corrected chi connectivity index (χ1v) is 18.0. The Morgan fingerprint density at radius 3 is 2.44 bits per heavy atom. The Hall–Kier alpha value is -6.40. The minimum Gasteiger partial charge on any atom is -0.497 e. The fraction of sp³-hybridized carbons (Fsp3) is 0.200. The summed E-state index contributed by atoms with van der Waals surface area (Å²) in [7, 11) is -2.87. The number of nitrogens with zero attached hydrogens (tertiary/aromatic N) is 8. The number of ether oxygens (including phenoxy) is 3. The second-order valence-corrected chi connectivity index (χ2v) is 14.5. The highest BCUT2D eigenvalue weighted by Gasteiger charge is 2.27. The number of methoxy groups -OCH3 is 1. The topological polar surface area (TPSA) is 220 Å². The number of tetrazole rings is 1. The number of sulfonamides is 1. The number of carbonyl (C=O) groups is 1. The van der Waals surface area contributed by atoms with Gasteiger partial charge in [0.25, 0.3) is 15.9 Å². The van der Waals surface area contributed by atoms with Crippen molar-refractivity contribution in [2.24, 2.45) is 0 Å². The molecule has 0 aliphatic heterocycles. The van der Waals surface area contributed by atoms with Crippen molar-refractivity contribution in [3.05, 3.63) is 95.8 Å². The summed E-state index contributed by atoms with van der Waals surface area (Å²) in [5.74, 6) is -0.115. The number of aromatic amines is 1. The van der Waals surface area contributed by atoms with Crippen molar-refractivity contribution >= 4 is 39.4 Å². The number of anilines is 2. The van der Waals surface area contributed by atoms with Crippen molar-refractivity contribution in [3.8, 4) is 46.0 Å². The Morgan fingerprint density at radius 2 is 1.78 bits per heavy atom. The standard InChI is InChI=1S/C35H33ClN10O7S/c1-35(2,3)22-8-11-24(12-9-22)54(49,50)43-32-29(53-27-20-23(51-4)10-13-25(27)36)33(52-18-17-46(34(47)48)28-7-5-6-15-38-28)40-30(39-32)21-14-16-37-26(19-21)31-41-44-45-42-31/h5-16,19-20H,17-18H2,1-4H3,(H,47,48)(H,39,40,43)(H,41,42,44,45). The van der Waals surface area contributed by atoms with Gasteiger partial charge in [-0.1, -0.05) is 50.6 Å². The van der Waals surface area contributed by atoms with E-state index in [1.165, 1.54) is 49.8 Å². The number of halogens is 1. The number of amides is 1. The van der Waals surface area contributed by atoms with Crippen LogP contribution in [0, 0.1) is 0 Å². The number of benzene rings is 2. The number of hydrogen-bond acceptors (Lipinski definition) is 13. The fourth-order valence-electron chi connectivity index (χ4n) is 4.95. The van der Waals surface area contributed by atoms with Crippen molar-refractivity contribution < 1.29 is 32.5 Å². The summed E-state index contributed by atoms with van der Waals surface area (Å²) in [5.41, 5.74) is 1.37. The largest absolute Gasteiger partial charge is 0.497 e. The van der Waals surface area contributed by atoms with Crippen LogP contribution in [0.5, 0.6) is 23.1 Å². The lowest BCUT2D eigenvalue weighted by atomic mass is 9.87. The number of rotatable bonds is 13. The quantitative estimate of drug-likeness (QED) is 0.118. The number of H-pyrrole nitrogens is 1. The Balaban J connectivity index is 1.48. The second kappa shape index (κ2) is 15.7. The lowest BCUT2D eigenvalue weighted by molar-refractivity contribution is 0.198. The third-order valence-electron chi connectivity index (χ3n) is 7.75. The molecule has 278 valence electrons. The van der Waals surface area contributed by atoms with E-state index in [1.807, 2.05) is 20.8 Å². The van der Waals surface area contributed by atoms with Gasteiger partial charge in [0, 0.05) is 24.0 Å². The van der Waals surface area contributed by atoms with E-state index in [4.69, 9.17) is 25.8 Å². The average Bonchev–Trinajstić information content (AvgIpc) is 3.70. The van der Waals surface area contributed by atoms with Crippen LogP contribution in [0.25, 0.3) is 22.9 Å². The van der Waals surface area contributed by atoms with Crippen LogP contribution >= 0.6 is 11.6 Å². The summed E-state index contributed by atoms with van der Waals surface area (Å²) in [6.07, 6.45) is 1.64. The molecule has 0 bridgehead atoms. The highest BCUT2D eigenvalue weighted by molar-refractivity contribution is 7.92. The number of hydrogen-bond donors (Lipinski definition) is 3. The molecule has 4 aromatic heterocycles. The van der Waals surface area contributed by atoms with Gasteiger partial charge in [-0.3, -0.25) is 14.6 Å². The Bertz CT molecular complexity index is 2360. The first kappa shape index (κ1) is 37.4. The molecule has 0 aliphatic rings. The molecule has 0 radical (unpaired) electrons. The molecule has 0 fully saturated rings. The Labute approximate surface area is 314 Å². The molecule has 0 spiro atoms. The maximum absolute atomic E-state index is 14.0. The Morgan fingerprint density at radius 1 is 0.981 bits per heavy atom. The van der Waals surface area contributed by atoms with Crippen molar-refractivity contribution in [3.63, 3.8) is 0 Å². The highest BCUT2D eigenvalue weighted by atomic mass is 35.5. The van der Waals surface area contributed by atoms with Crippen LogP contribution < -0.4 is 23.8 Å². The summed E-state index contributed by atoms with van der Waals surface area (Å²) in [5, 5.41) is 24.0. The zero-order valence-electron chi connectivity index (χ0n) is 29.3. The van der Waals surface area contributed by atoms with Crippen LogP contribution in [0.1, 0.15) is 26.3 Å². The van der Waals surface area contributed by atoms with Gasteiger partial charge >= 0.3 is 6.09 Å². The van der Waals surface area contributed by atoms with Crippen molar-refractivity contribution in [1.82, 2.24) is 40.6 Å². The monoisotopic (exact) mass is 772 g/mol. The molecule has 4 heterocycles. The molecule has 0 saturated heterocycles. The van der Waals surface area contributed by atoms with Gasteiger partial charge in [-0.15, -0.1) is 10.2 Å². The van der Waals surface area contributed by atoms with Gasteiger partial charge in [0.15, 0.2) is 11.6 Å². The van der Waals surface area contributed by atoms with Crippen LogP contribution in [0.2, 0.25) is 5.02 Å². The minimum atomic E-state index is -4.33. The third-order valence-corrected chi connectivity index (χ3v) is 9.42. The molecule has 0 atom stereocenters. The van der Waals surface area contributed by atoms with Crippen LogP contribution in [0.15, 0.2) is 90.1 Å². The molecular weight excluding hydrogens is 740 g/mol. The molecule has 0 aliphatic carbocycles. The average molecular weight is 773 g/mol. The van der Waals surface area contributed by atoms with E-state index in [1.54, 1.807) is 42.5 Å². The minimum absolute atomic E-state index is 0.0261. The lowest BCUT2D eigenvalue weighted by Crippen LogP contribution is -2.34. The van der Waals surface area contributed by atoms with Crippen LogP contribution in [-0.4, -0.2) is 80.4 Å². The maximum atomic E-state index is 14.0. The summed E-state index contributed by atoms with van der Waals surface area (Å²) >= 11 is 6.52. The van der Waals surface area contributed by atoms with E-state index in [9.17, 15) is 18.3 Å². The van der Waals surface area contributed by atoms with Gasteiger partial charge in [0.05, 0.1) is 23.6 Å². The summed E-state index contributed by atoms with van der Waals surface area (Å²) in [6.45, 7) is 5.56. The molecule has 6 aromatic rings. The lowest BCUT2D eigenvalue weighted by Gasteiger charge is -2.21. The molecule has 6 rings (SSSR count). The predicted octanol–water partition coefficient (Wildman–Crippen LogP) is 6.23. The van der Waals surface area contributed by atoms with E-state index in [0.29, 0.717) is 17.0 Å². The SMILES string of the molecule is COc1ccc(Cl)c(Oc2c(NS(=O)(=O)c3ccc(C(C)(C)C)cc3)nc(-c3ccnc(-c4nn[nH]n4)c3)nc2OCCN(C(=O)O)c2ccccn2)c1. The van der Waals surface area contributed by atoms with Gasteiger partial charge < -0.3 is 19.3 Å². The van der Waals surface area contributed by atoms with E-state index in [2.05, 4.69) is 45.3 Å². The van der Waals surface area contributed by atoms with Crippen LogP contribution in [0.3, 0.4) is 0 Å². The first-order valence-electron chi connectivity index (χ1n) is 16.1. The molecule has 17 nitrogen and oxygen atoms in total. The number of carboxylic acid groups (broad SMARTS) is 1. The van der Waals surface area contributed by atoms with Crippen LogP contribution in [0.4, 0.5) is 16.4 Å². The van der Waals surface area contributed by atoms with Gasteiger partial charge in [-0.05, 0) is 64.7 Å². The van der Waals surface area contributed by atoms with Gasteiger partial charge in [0.2, 0.25) is 11.6 Å². The van der Waals surface area contributed by atoms with Gasteiger partial charge in [-0.2, -0.15) is 10.2 Å². The van der Waals surface area contributed by atoms with Crippen molar-refractivity contribution in [1.29, 1.82) is 0 Å². The van der Waals surface area contributed by atoms with E-state index >= 15 is 0 Å². The van der Waals surface area contributed by atoms with Crippen LogP contribution in [-0.2, 0) is 15.4 Å². The van der Waals surface area contributed by atoms with E-state index in [-0.39, 0.29) is 69.1 Å². The van der Waals surface area contributed by atoms with Crippen molar-refractivity contribution in [2.45, 2.75) is 31.1 Å². The maximum Gasteiger partial charge on any atom is 0.413 e. The smallest absolute Gasteiger partial charge is 0.413 e. The third kappa shape index (κ3) is 8.62. The molecule has 54 heavy (non-hydrogen) atoms. The predicted molar refractivity (Wildman–Crippen MR) is 198 cm³/mol. The summed E-state index contributed by atoms with van der Waals surface area (Å²) < 4.78 is 48.3. The fourth-order valence-corrected chi connectivity index (χ4v) is 6.12. The first-order chi connectivity index (χ1) is 25.8. The molecule has 19 heteroatoms. The molecule has 3 N–H and O–H groups in total. The molecular formula is C35H33ClN10O7S. The van der Waals surface area contributed by atoms with E-state index < -0.39 is 16.1 Å². The zero-order valence-corrected chi connectivity index (χ0v) is 30.8. The molecule has 0 saturated carbocycles. The second-order valence-electron chi connectivity index (χ2n) is 12.4. The Kier molecular flexibility index (Phi) is 10.9. The normalized spacial score (nSPS) is 11.5.